The minimum Gasteiger partial charge on any atom is -0.375 e. The second kappa shape index (κ2) is 9.81. The molecule has 0 saturated heterocycles. The number of halogens is 1. The fourth-order valence-corrected chi connectivity index (χ4v) is 3.66. The van der Waals surface area contributed by atoms with Crippen LogP contribution in [0.5, 0.6) is 0 Å². The molecule has 33 heavy (non-hydrogen) atoms. The van der Waals surface area contributed by atoms with Gasteiger partial charge in [0.15, 0.2) is 0 Å². The zero-order valence-electron chi connectivity index (χ0n) is 18.1. The van der Waals surface area contributed by atoms with E-state index in [1.807, 2.05) is 37.3 Å². The van der Waals surface area contributed by atoms with Crippen molar-refractivity contribution in [3.05, 3.63) is 82.8 Å². The number of rotatable bonds is 7. The van der Waals surface area contributed by atoms with Crippen LogP contribution < -0.4 is 10.6 Å². The fraction of sp³-hybridized carbons (Fsp3) is 0.167. The van der Waals surface area contributed by atoms with Crippen LogP contribution in [0.4, 0.5) is 5.69 Å². The van der Waals surface area contributed by atoms with Gasteiger partial charge in [-0.1, -0.05) is 23.7 Å². The Hall–Kier alpha value is -3.75. The second-order valence-electron chi connectivity index (χ2n) is 7.43. The lowest BCUT2D eigenvalue weighted by atomic mass is 10.1. The Bertz CT molecular complexity index is 1330. The van der Waals surface area contributed by atoms with E-state index < -0.39 is 0 Å². The maximum Gasteiger partial charge on any atom is 0.257 e. The van der Waals surface area contributed by atoms with Crippen LogP contribution >= 0.6 is 11.6 Å². The van der Waals surface area contributed by atoms with Gasteiger partial charge in [-0.15, -0.1) is 0 Å². The van der Waals surface area contributed by atoms with E-state index >= 15 is 0 Å². The van der Waals surface area contributed by atoms with Crippen molar-refractivity contribution >= 4 is 40.0 Å². The van der Waals surface area contributed by atoms with Gasteiger partial charge >= 0.3 is 0 Å². The van der Waals surface area contributed by atoms with E-state index in [1.54, 1.807) is 35.3 Å². The maximum absolute atomic E-state index is 13.1. The van der Waals surface area contributed by atoms with Crippen molar-refractivity contribution in [3.63, 3.8) is 0 Å². The Morgan fingerprint density at radius 3 is 2.79 bits per heavy atom. The first-order chi connectivity index (χ1) is 16.0. The van der Waals surface area contributed by atoms with Crippen molar-refractivity contribution in [1.29, 1.82) is 0 Å². The standard InChI is InChI=1S/C24H22ClN5O3/c1-15-10-17(8-9-26-15)30-22-5-3-4-21(19(22)13-28-30)29-24(32)18-11-16(6-7-20(18)25)12-27-23(31)14-33-2/h3-11,13H,12,14H2,1-2H3,(H,27,31)(H,29,32). The molecule has 0 fully saturated rings. The number of hydrogen-bond donors (Lipinski definition) is 2. The van der Waals surface area contributed by atoms with E-state index in [-0.39, 0.29) is 25.0 Å². The number of benzene rings is 2. The summed E-state index contributed by atoms with van der Waals surface area (Å²) in [5.74, 6) is -0.600. The summed E-state index contributed by atoms with van der Waals surface area (Å²) in [7, 11) is 1.45. The van der Waals surface area contributed by atoms with E-state index in [9.17, 15) is 9.59 Å². The van der Waals surface area contributed by atoms with Gasteiger partial charge in [0.2, 0.25) is 5.91 Å². The van der Waals surface area contributed by atoms with Gasteiger partial charge in [0.05, 0.1) is 33.7 Å². The molecule has 0 aliphatic heterocycles. The number of fused-ring (bicyclic) bond motifs is 1. The highest BCUT2D eigenvalue weighted by Crippen LogP contribution is 2.27. The Kier molecular flexibility index (Phi) is 6.67. The van der Waals surface area contributed by atoms with Crippen LogP contribution in [-0.2, 0) is 16.1 Å². The zero-order chi connectivity index (χ0) is 23.4. The number of carbonyl (C=O) groups excluding carboxylic acids is 2. The van der Waals surface area contributed by atoms with Crippen molar-refractivity contribution < 1.29 is 14.3 Å². The lowest BCUT2D eigenvalue weighted by Gasteiger charge is -2.11. The van der Waals surface area contributed by atoms with E-state index in [1.165, 1.54) is 7.11 Å². The van der Waals surface area contributed by atoms with Crippen molar-refractivity contribution in [2.75, 3.05) is 19.0 Å². The highest BCUT2D eigenvalue weighted by Gasteiger charge is 2.15. The number of hydrogen-bond acceptors (Lipinski definition) is 5. The smallest absolute Gasteiger partial charge is 0.257 e. The SMILES string of the molecule is COCC(=O)NCc1ccc(Cl)c(C(=O)Nc2cccc3c2cnn3-c2ccnc(C)c2)c1. The summed E-state index contributed by atoms with van der Waals surface area (Å²) in [6, 6.07) is 14.5. The molecule has 0 saturated carbocycles. The summed E-state index contributed by atoms with van der Waals surface area (Å²) in [6.45, 7) is 2.15. The van der Waals surface area contributed by atoms with Crippen LogP contribution in [0, 0.1) is 6.92 Å². The predicted octanol–water partition coefficient (Wildman–Crippen LogP) is 3.90. The van der Waals surface area contributed by atoms with Gasteiger partial charge in [0, 0.05) is 30.9 Å². The first kappa shape index (κ1) is 22.4. The molecule has 0 atom stereocenters. The monoisotopic (exact) mass is 463 g/mol. The highest BCUT2D eigenvalue weighted by atomic mass is 35.5. The largest absolute Gasteiger partial charge is 0.375 e. The number of nitrogens with one attached hydrogen (secondary N) is 2. The number of nitrogens with zero attached hydrogens (tertiary/aromatic N) is 3. The van der Waals surface area contributed by atoms with E-state index in [2.05, 4.69) is 20.7 Å². The molecule has 0 bridgehead atoms. The number of methoxy groups -OCH3 is 1. The van der Waals surface area contributed by atoms with E-state index in [0.29, 0.717) is 16.3 Å². The molecule has 0 aliphatic carbocycles. The Morgan fingerprint density at radius 1 is 1.15 bits per heavy atom. The normalized spacial score (nSPS) is 10.9. The summed E-state index contributed by atoms with van der Waals surface area (Å²) < 4.78 is 6.60. The molecule has 2 aromatic heterocycles. The first-order valence-corrected chi connectivity index (χ1v) is 10.6. The van der Waals surface area contributed by atoms with Crippen LogP contribution in [-0.4, -0.2) is 40.3 Å². The van der Waals surface area contributed by atoms with E-state index in [0.717, 1.165) is 27.8 Å². The Labute approximate surface area is 195 Å². The molecule has 0 unspecified atom stereocenters. The number of aromatic nitrogens is 3. The summed E-state index contributed by atoms with van der Waals surface area (Å²) >= 11 is 6.30. The number of amides is 2. The van der Waals surface area contributed by atoms with Crippen molar-refractivity contribution in [2.24, 2.45) is 0 Å². The average Bonchev–Trinajstić information content (AvgIpc) is 3.24. The summed E-state index contributed by atoms with van der Waals surface area (Å²) in [5, 5.41) is 11.3. The molecule has 4 rings (SSSR count). The molecule has 8 nitrogen and oxygen atoms in total. The van der Waals surface area contributed by atoms with Gasteiger partial charge in [-0.3, -0.25) is 14.6 Å². The molecule has 0 spiro atoms. The molecule has 2 aromatic carbocycles. The topological polar surface area (TPSA) is 98.1 Å². The van der Waals surface area contributed by atoms with Crippen molar-refractivity contribution in [2.45, 2.75) is 13.5 Å². The molecular formula is C24H22ClN5O3. The molecule has 9 heteroatoms. The van der Waals surface area contributed by atoms with Gasteiger partial charge in [-0.2, -0.15) is 5.10 Å². The third-order valence-electron chi connectivity index (χ3n) is 5.03. The number of carbonyl (C=O) groups is 2. The van der Waals surface area contributed by atoms with Crippen molar-refractivity contribution in [1.82, 2.24) is 20.1 Å². The number of ether oxygens (including phenoxy) is 1. The van der Waals surface area contributed by atoms with Gasteiger partial charge in [0.1, 0.15) is 6.61 Å². The van der Waals surface area contributed by atoms with Gasteiger partial charge in [0.25, 0.3) is 5.91 Å². The quantitative estimate of drug-likeness (QED) is 0.433. The lowest BCUT2D eigenvalue weighted by Crippen LogP contribution is -2.26. The second-order valence-corrected chi connectivity index (χ2v) is 7.84. The van der Waals surface area contributed by atoms with Crippen LogP contribution in [0.3, 0.4) is 0 Å². The summed E-state index contributed by atoms with van der Waals surface area (Å²) in [5.41, 5.74) is 4.28. The van der Waals surface area contributed by atoms with Crippen LogP contribution in [0.15, 0.2) is 60.9 Å². The van der Waals surface area contributed by atoms with Gasteiger partial charge < -0.3 is 15.4 Å². The van der Waals surface area contributed by atoms with Crippen LogP contribution in [0.25, 0.3) is 16.6 Å². The molecule has 4 aromatic rings. The molecule has 2 N–H and O–H groups in total. The molecule has 168 valence electrons. The maximum atomic E-state index is 13.1. The number of pyridine rings is 1. The Balaban J connectivity index is 1.58. The molecule has 2 amide bonds. The lowest BCUT2D eigenvalue weighted by molar-refractivity contribution is -0.124. The number of anilines is 1. The summed E-state index contributed by atoms with van der Waals surface area (Å²) in [6.07, 6.45) is 3.45. The molecule has 0 aliphatic rings. The zero-order valence-corrected chi connectivity index (χ0v) is 18.9. The summed E-state index contributed by atoms with van der Waals surface area (Å²) in [4.78, 5) is 28.9. The highest BCUT2D eigenvalue weighted by molar-refractivity contribution is 6.34. The molecule has 2 heterocycles. The minimum absolute atomic E-state index is 0.0301. The third kappa shape index (κ3) is 5.02. The average molecular weight is 464 g/mol. The molecule has 0 radical (unpaired) electrons. The van der Waals surface area contributed by atoms with Crippen molar-refractivity contribution in [3.8, 4) is 5.69 Å². The first-order valence-electron chi connectivity index (χ1n) is 10.2. The van der Waals surface area contributed by atoms with Crippen LogP contribution in [0.1, 0.15) is 21.6 Å². The van der Waals surface area contributed by atoms with E-state index in [4.69, 9.17) is 16.3 Å². The predicted molar refractivity (Wildman–Crippen MR) is 127 cm³/mol. The minimum atomic E-state index is -0.356. The van der Waals surface area contributed by atoms with Gasteiger partial charge in [-0.25, -0.2) is 4.68 Å². The Morgan fingerprint density at radius 2 is 2.00 bits per heavy atom. The van der Waals surface area contributed by atoms with Crippen LogP contribution in [0.2, 0.25) is 5.02 Å². The third-order valence-corrected chi connectivity index (χ3v) is 5.36. The number of aryl methyl sites for hydroxylation is 1. The fourth-order valence-electron chi connectivity index (χ4n) is 3.46. The molecular weight excluding hydrogens is 442 g/mol. The van der Waals surface area contributed by atoms with Gasteiger partial charge in [-0.05, 0) is 48.9 Å².